The highest BCUT2D eigenvalue weighted by Gasteiger charge is 2.10. The van der Waals surface area contributed by atoms with Crippen molar-refractivity contribution in [3.63, 3.8) is 0 Å². The summed E-state index contributed by atoms with van der Waals surface area (Å²) in [6, 6.07) is 9.06. The first-order valence-corrected chi connectivity index (χ1v) is 8.11. The van der Waals surface area contributed by atoms with Crippen molar-refractivity contribution in [2.45, 2.75) is 25.9 Å². The van der Waals surface area contributed by atoms with Gasteiger partial charge in [0.15, 0.2) is 0 Å². The normalized spacial score (nSPS) is 16.8. The predicted molar refractivity (Wildman–Crippen MR) is 79.1 cm³/mol. The fourth-order valence-electron chi connectivity index (χ4n) is 1.67. The number of nitrogens with one attached hydrogen (secondary N) is 1. The zero-order valence-corrected chi connectivity index (χ0v) is 12.8. The average Bonchev–Trinajstić information content (AvgIpc) is 2.16. The van der Waals surface area contributed by atoms with Gasteiger partial charge in [-0.05, 0) is 54.1 Å². The van der Waals surface area contributed by atoms with Crippen molar-refractivity contribution in [2.75, 3.05) is 12.0 Å². The zero-order chi connectivity index (χ0) is 12.1. The van der Waals surface area contributed by atoms with Crippen molar-refractivity contribution < 1.29 is 4.21 Å². The van der Waals surface area contributed by atoms with E-state index in [0.29, 0.717) is 11.8 Å². The van der Waals surface area contributed by atoms with E-state index in [2.05, 4.69) is 66.0 Å². The quantitative estimate of drug-likeness (QED) is 0.827. The van der Waals surface area contributed by atoms with Crippen molar-refractivity contribution in [3.8, 4) is 0 Å². The van der Waals surface area contributed by atoms with E-state index >= 15 is 0 Å². The van der Waals surface area contributed by atoms with Crippen LogP contribution in [-0.2, 0) is 10.8 Å². The van der Waals surface area contributed by atoms with Gasteiger partial charge in [-0.25, -0.2) is 0 Å². The lowest BCUT2D eigenvalue weighted by Crippen LogP contribution is -2.33. The van der Waals surface area contributed by atoms with E-state index in [1.54, 1.807) is 6.26 Å². The fourth-order valence-corrected chi connectivity index (χ4v) is 2.83. The molecular formula is C12H18INOS. The Labute approximate surface area is 114 Å². The summed E-state index contributed by atoms with van der Waals surface area (Å²) < 4.78 is 12.3. The molecule has 2 nitrogen and oxygen atoms in total. The molecule has 1 rings (SSSR count). The molecule has 3 atom stereocenters. The van der Waals surface area contributed by atoms with Gasteiger partial charge in [0.25, 0.3) is 0 Å². The van der Waals surface area contributed by atoms with Crippen LogP contribution in [0, 0.1) is 3.57 Å². The van der Waals surface area contributed by atoms with E-state index in [1.165, 1.54) is 9.13 Å². The highest BCUT2D eigenvalue weighted by Crippen LogP contribution is 2.15. The molecule has 0 aromatic heterocycles. The molecule has 0 bridgehead atoms. The second-order valence-corrected chi connectivity index (χ2v) is 6.81. The summed E-state index contributed by atoms with van der Waals surface area (Å²) in [6.07, 6.45) is 1.74. The van der Waals surface area contributed by atoms with Gasteiger partial charge in [-0.2, -0.15) is 0 Å². The Morgan fingerprint density at radius 3 is 2.38 bits per heavy atom. The van der Waals surface area contributed by atoms with Crippen LogP contribution in [0.3, 0.4) is 0 Å². The van der Waals surface area contributed by atoms with Crippen LogP contribution in [0.4, 0.5) is 0 Å². The summed E-state index contributed by atoms with van der Waals surface area (Å²) in [6.45, 7) is 4.21. The fraction of sp³-hybridized carbons (Fsp3) is 0.500. The molecule has 4 heteroatoms. The number of hydrogen-bond acceptors (Lipinski definition) is 2. The van der Waals surface area contributed by atoms with Gasteiger partial charge in [0.1, 0.15) is 0 Å². The molecule has 16 heavy (non-hydrogen) atoms. The molecule has 1 aromatic carbocycles. The molecule has 0 saturated heterocycles. The first kappa shape index (κ1) is 14.1. The second kappa shape index (κ2) is 6.71. The van der Waals surface area contributed by atoms with Crippen LogP contribution in [0.25, 0.3) is 0 Å². The summed E-state index contributed by atoms with van der Waals surface area (Å²) in [4.78, 5) is 0. The van der Waals surface area contributed by atoms with E-state index in [4.69, 9.17) is 0 Å². The maximum absolute atomic E-state index is 11.1. The van der Waals surface area contributed by atoms with Crippen molar-refractivity contribution >= 4 is 33.4 Å². The number of rotatable bonds is 5. The maximum atomic E-state index is 11.1. The lowest BCUT2D eigenvalue weighted by Gasteiger charge is -2.19. The minimum absolute atomic E-state index is 0.278. The molecule has 3 unspecified atom stereocenters. The van der Waals surface area contributed by atoms with Crippen LogP contribution in [0.2, 0.25) is 0 Å². The van der Waals surface area contributed by atoms with Gasteiger partial charge < -0.3 is 5.32 Å². The average molecular weight is 351 g/mol. The Hall–Kier alpha value is 0.0600. The Morgan fingerprint density at radius 1 is 1.31 bits per heavy atom. The van der Waals surface area contributed by atoms with Crippen LogP contribution in [0.5, 0.6) is 0 Å². The maximum Gasteiger partial charge on any atom is 0.0383 e. The molecule has 1 aromatic rings. The highest BCUT2D eigenvalue weighted by molar-refractivity contribution is 14.1. The summed E-state index contributed by atoms with van der Waals surface area (Å²) >= 11 is 2.30. The van der Waals surface area contributed by atoms with Crippen molar-refractivity contribution in [2.24, 2.45) is 0 Å². The largest absolute Gasteiger partial charge is 0.307 e. The minimum atomic E-state index is -0.736. The summed E-state index contributed by atoms with van der Waals surface area (Å²) in [5.74, 6) is 0.703. The Morgan fingerprint density at radius 2 is 1.88 bits per heavy atom. The summed E-state index contributed by atoms with van der Waals surface area (Å²) in [7, 11) is -0.736. The van der Waals surface area contributed by atoms with Crippen LogP contribution in [0.1, 0.15) is 25.5 Å². The van der Waals surface area contributed by atoms with Gasteiger partial charge >= 0.3 is 0 Å². The third-order valence-electron chi connectivity index (χ3n) is 2.39. The van der Waals surface area contributed by atoms with Crippen molar-refractivity contribution in [1.29, 1.82) is 0 Å². The number of halogens is 1. The molecule has 0 aliphatic rings. The Kier molecular flexibility index (Phi) is 5.92. The van der Waals surface area contributed by atoms with Gasteiger partial charge in [-0.15, -0.1) is 0 Å². The van der Waals surface area contributed by atoms with Crippen LogP contribution >= 0.6 is 22.6 Å². The monoisotopic (exact) mass is 351 g/mol. The first-order valence-electron chi connectivity index (χ1n) is 5.30. The van der Waals surface area contributed by atoms with Gasteiger partial charge in [0.2, 0.25) is 0 Å². The highest BCUT2D eigenvalue weighted by atomic mass is 127. The SMILES string of the molecule is CC(CS(C)=O)NC(C)c1ccc(I)cc1. The predicted octanol–water partition coefficient (Wildman–Crippen LogP) is 2.71. The molecule has 0 radical (unpaired) electrons. The third kappa shape index (κ3) is 4.93. The van der Waals surface area contributed by atoms with Crippen molar-refractivity contribution in [1.82, 2.24) is 5.32 Å². The molecule has 0 amide bonds. The molecule has 0 heterocycles. The molecule has 1 N–H and O–H groups in total. The molecule has 0 aliphatic carbocycles. The van der Waals surface area contributed by atoms with Crippen LogP contribution < -0.4 is 5.32 Å². The number of benzene rings is 1. The molecule has 90 valence electrons. The van der Waals surface area contributed by atoms with E-state index in [1.807, 2.05) is 0 Å². The zero-order valence-electron chi connectivity index (χ0n) is 9.87. The van der Waals surface area contributed by atoms with E-state index in [-0.39, 0.29) is 6.04 Å². The third-order valence-corrected chi connectivity index (χ3v) is 4.08. The van der Waals surface area contributed by atoms with E-state index in [9.17, 15) is 4.21 Å². The van der Waals surface area contributed by atoms with Crippen LogP contribution in [-0.4, -0.2) is 22.3 Å². The topological polar surface area (TPSA) is 29.1 Å². The van der Waals surface area contributed by atoms with E-state index < -0.39 is 10.8 Å². The summed E-state index contributed by atoms with van der Waals surface area (Å²) in [5.41, 5.74) is 1.27. The lowest BCUT2D eigenvalue weighted by atomic mass is 10.1. The van der Waals surface area contributed by atoms with Gasteiger partial charge in [0.05, 0.1) is 0 Å². The van der Waals surface area contributed by atoms with Crippen LogP contribution in [0.15, 0.2) is 24.3 Å². The molecule has 0 spiro atoms. The first-order chi connectivity index (χ1) is 7.49. The summed E-state index contributed by atoms with van der Waals surface area (Å²) in [5, 5.41) is 3.45. The minimum Gasteiger partial charge on any atom is -0.307 e. The molecule has 0 aliphatic heterocycles. The Balaban J connectivity index is 2.54. The second-order valence-electron chi connectivity index (χ2n) is 4.08. The Bertz CT molecular complexity index is 353. The molecule has 0 saturated carbocycles. The molecule has 0 fully saturated rings. The molecular weight excluding hydrogens is 333 g/mol. The van der Waals surface area contributed by atoms with Gasteiger partial charge in [-0.1, -0.05) is 12.1 Å². The smallest absolute Gasteiger partial charge is 0.0383 e. The standard InChI is InChI=1S/C12H18INOS/c1-9(8-16(3)15)14-10(2)11-4-6-12(13)7-5-11/h4-7,9-10,14H,8H2,1-3H3. The van der Waals surface area contributed by atoms with Gasteiger partial charge in [-0.3, -0.25) is 4.21 Å². The lowest BCUT2D eigenvalue weighted by molar-refractivity contribution is 0.508. The number of hydrogen-bond donors (Lipinski definition) is 1. The van der Waals surface area contributed by atoms with E-state index in [0.717, 1.165) is 0 Å². The van der Waals surface area contributed by atoms with Crippen molar-refractivity contribution in [3.05, 3.63) is 33.4 Å². The van der Waals surface area contributed by atoms with Gasteiger partial charge in [0, 0.05) is 38.5 Å².